The van der Waals surface area contributed by atoms with Crippen molar-refractivity contribution in [3.05, 3.63) is 0 Å². The Kier molecular flexibility index (Phi) is 6.24. The van der Waals surface area contributed by atoms with E-state index in [2.05, 4.69) is 13.8 Å². The van der Waals surface area contributed by atoms with Crippen molar-refractivity contribution < 1.29 is 4.74 Å². The van der Waals surface area contributed by atoms with Gasteiger partial charge in [-0.2, -0.15) is 0 Å². The maximum atomic E-state index is 6.20. The van der Waals surface area contributed by atoms with Crippen molar-refractivity contribution in [1.29, 1.82) is 0 Å². The van der Waals surface area contributed by atoms with Gasteiger partial charge in [0.05, 0.1) is 6.10 Å². The summed E-state index contributed by atoms with van der Waals surface area (Å²) in [6, 6.07) is 0. The molecule has 128 valence electrons. The molecule has 22 heavy (non-hydrogen) atoms. The topological polar surface area (TPSA) is 9.23 Å². The average Bonchev–Trinajstić information content (AvgIpc) is 2.57. The van der Waals surface area contributed by atoms with Crippen LogP contribution in [0.15, 0.2) is 0 Å². The number of hydrogen-bond acceptors (Lipinski definition) is 1. The third kappa shape index (κ3) is 3.89. The Morgan fingerprint density at radius 3 is 2.23 bits per heavy atom. The minimum atomic E-state index is 0.599. The van der Waals surface area contributed by atoms with E-state index < -0.39 is 0 Å². The number of rotatable bonds is 6. The van der Waals surface area contributed by atoms with Gasteiger partial charge >= 0.3 is 0 Å². The summed E-state index contributed by atoms with van der Waals surface area (Å²) >= 11 is 0. The first-order chi connectivity index (χ1) is 10.8. The van der Waals surface area contributed by atoms with Crippen LogP contribution in [0.1, 0.15) is 90.9 Å². The summed E-state index contributed by atoms with van der Waals surface area (Å²) in [6.45, 7) is 5.69. The molecule has 4 unspecified atom stereocenters. The third-order valence-corrected chi connectivity index (χ3v) is 7.28. The number of hydrogen-bond donors (Lipinski definition) is 0. The maximum Gasteiger partial charge on any atom is 0.0578 e. The fraction of sp³-hybridized carbons (Fsp3) is 1.00. The van der Waals surface area contributed by atoms with Crippen LogP contribution in [0.25, 0.3) is 0 Å². The van der Waals surface area contributed by atoms with Gasteiger partial charge in [-0.1, -0.05) is 39.5 Å². The first-order valence-electron chi connectivity index (χ1n) is 10.4. The molecule has 3 aliphatic rings. The van der Waals surface area contributed by atoms with Crippen molar-refractivity contribution in [3.8, 4) is 0 Å². The number of ether oxygens (including phenoxy) is 1. The van der Waals surface area contributed by atoms with Crippen molar-refractivity contribution in [1.82, 2.24) is 0 Å². The van der Waals surface area contributed by atoms with E-state index in [4.69, 9.17) is 4.74 Å². The molecule has 3 fully saturated rings. The molecule has 0 amide bonds. The van der Waals surface area contributed by atoms with Crippen LogP contribution in [0.3, 0.4) is 0 Å². The zero-order valence-electron chi connectivity index (χ0n) is 15.1. The minimum absolute atomic E-state index is 0.599. The molecule has 0 radical (unpaired) electrons. The Bertz CT molecular complexity index is 326. The van der Waals surface area contributed by atoms with Crippen LogP contribution < -0.4 is 0 Å². The van der Waals surface area contributed by atoms with Crippen LogP contribution in [0, 0.1) is 29.6 Å². The summed E-state index contributed by atoms with van der Waals surface area (Å²) in [5, 5.41) is 0. The quantitative estimate of drug-likeness (QED) is 0.530. The molecule has 0 saturated heterocycles. The Morgan fingerprint density at radius 2 is 1.50 bits per heavy atom. The third-order valence-electron chi connectivity index (χ3n) is 7.28. The summed E-state index contributed by atoms with van der Waals surface area (Å²) in [5.41, 5.74) is 0. The standard InChI is InChI=1S/C21H38O/c1-3-5-6-13-22-19-10-12-21-18(15-19)9-8-17-14-16(4-2)7-11-20(17)21/h16-21H,3-15H2,1-2H3/t16-,17?,18?,19-,20?,21?/m0/s1. The molecule has 0 aromatic heterocycles. The lowest BCUT2D eigenvalue weighted by atomic mass is 9.56. The molecule has 0 heterocycles. The van der Waals surface area contributed by atoms with Crippen LogP contribution in [-0.4, -0.2) is 12.7 Å². The van der Waals surface area contributed by atoms with Gasteiger partial charge in [-0.25, -0.2) is 0 Å². The molecule has 1 heteroatoms. The molecule has 0 aromatic rings. The molecular weight excluding hydrogens is 268 g/mol. The molecule has 3 rings (SSSR count). The molecule has 0 aromatic carbocycles. The van der Waals surface area contributed by atoms with Crippen LogP contribution in [0.5, 0.6) is 0 Å². The van der Waals surface area contributed by atoms with Gasteiger partial charge in [-0.05, 0) is 81.0 Å². The predicted octanol–water partition coefficient (Wildman–Crippen LogP) is 6.21. The van der Waals surface area contributed by atoms with Crippen LogP contribution in [0.2, 0.25) is 0 Å². The number of unbranched alkanes of at least 4 members (excludes halogenated alkanes) is 2. The molecule has 1 nitrogen and oxygen atoms in total. The summed E-state index contributed by atoms with van der Waals surface area (Å²) in [4.78, 5) is 0. The van der Waals surface area contributed by atoms with Gasteiger partial charge < -0.3 is 4.74 Å². The van der Waals surface area contributed by atoms with Crippen molar-refractivity contribution in [2.75, 3.05) is 6.61 Å². The second-order valence-electron chi connectivity index (χ2n) is 8.53. The molecule has 3 aliphatic carbocycles. The highest BCUT2D eigenvalue weighted by atomic mass is 16.5. The lowest BCUT2D eigenvalue weighted by molar-refractivity contribution is -0.0536. The monoisotopic (exact) mass is 306 g/mol. The highest BCUT2D eigenvalue weighted by Gasteiger charge is 2.44. The SMILES string of the molecule is CCCCCO[C@H]1CCC2C(CCC3C[C@@H](CC)CCC32)C1. The Hall–Kier alpha value is -0.0400. The maximum absolute atomic E-state index is 6.20. The van der Waals surface area contributed by atoms with Crippen molar-refractivity contribution in [2.24, 2.45) is 29.6 Å². The Morgan fingerprint density at radius 1 is 0.773 bits per heavy atom. The van der Waals surface area contributed by atoms with Crippen LogP contribution >= 0.6 is 0 Å². The van der Waals surface area contributed by atoms with E-state index in [1.165, 1.54) is 64.2 Å². The summed E-state index contributed by atoms with van der Waals surface area (Å²) < 4.78 is 6.20. The lowest BCUT2D eigenvalue weighted by Crippen LogP contribution is -2.42. The highest BCUT2D eigenvalue weighted by Crippen LogP contribution is 2.53. The highest BCUT2D eigenvalue weighted by molar-refractivity contribution is 4.94. The number of fused-ring (bicyclic) bond motifs is 3. The van der Waals surface area contributed by atoms with Gasteiger partial charge in [0.25, 0.3) is 0 Å². The van der Waals surface area contributed by atoms with E-state index in [0.29, 0.717) is 6.10 Å². The smallest absolute Gasteiger partial charge is 0.0578 e. The van der Waals surface area contributed by atoms with E-state index in [1.807, 2.05) is 0 Å². The van der Waals surface area contributed by atoms with Gasteiger partial charge in [-0.15, -0.1) is 0 Å². The van der Waals surface area contributed by atoms with Gasteiger partial charge in [0.2, 0.25) is 0 Å². The molecule has 0 bridgehead atoms. The van der Waals surface area contributed by atoms with Crippen molar-refractivity contribution >= 4 is 0 Å². The lowest BCUT2D eigenvalue weighted by Gasteiger charge is -2.50. The summed E-state index contributed by atoms with van der Waals surface area (Å²) in [6.07, 6.45) is 17.8. The zero-order valence-corrected chi connectivity index (χ0v) is 15.1. The Labute approximate surface area is 138 Å². The largest absolute Gasteiger partial charge is 0.378 e. The average molecular weight is 307 g/mol. The van der Waals surface area contributed by atoms with E-state index in [-0.39, 0.29) is 0 Å². The van der Waals surface area contributed by atoms with E-state index in [1.54, 1.807) is 12.8 Å². The minimum Gasteiger partial charge on any atom is -0.378 e. The second-order valence-corrected chi connectivity index (χ2v) is 8.53. The van der Waals surface area contributed by atoms with Crippen molar-refractivity contribution in [3.63, 3.8) is 0 Å². The van der Waals surface area contributed by atoms with Gasteiger partial charge in [0.1, 0.15) is 0 Å². The predicted molar refractivity (Wildman–Crippen MR) is 93.9 cm³/mol. The van der Waals surface area contributed by atoms with Crippen LogP contribution in [-0.2, 0) is 4.74 Å². The molecular formula is C21H38O. The second kappa shape index (κ2) is 8.18. The van der Waals surface area contributed by atoms with E-state index in [9.17, 15) is 0 Å². The molecule has 3 saturated carbocycles. The van der Waals surface area contributed by atoms with Crippen molar-refractivity contribution in [2.45, 2.75) is 97.0 Å². The first kappa shape index (κ1) is 16.8. The molecule has 0 N–H and O–H groups in total. The van der Waals surface area contributed by atoms with E-state index in [0.717, 1.165) is 36.2 Å². The fourth-order valence-electron chi connectivity index (χ4n) is 5.97. The molecule has 6 atom stereocenters. The molecule has 0 spiro atoms. The van der Waals surface area contributed by atoms with Gasteiger partial charge in [0.15, 0.2) is 0 Å². The van der Waals surface area contributed by atoms with Gasteiger partial charge in [0, 0.05) is 6.61 Å². The van der Waals surface area contributed by atoms with Gasteiger partial charge in [-0.3, -0.25) is 0 Å². The Balaban J connectivity index is 1.47. The zero-order chi connectivity index (χ0) is 15.4. The van der Waals surface area contributed by atoms with Crippen LogP contribution in [0.4, 0.5) is 0 Å². The summed E-state index contributed by atoms with van der Waals surface area (Å²) in [5.74, 6) is 5.29. The first-order valence-corrected chi connectivity index (χ1v) is 10.4. The molecule has 0 aliphatic heterocycles. The normalized spacial score (nSPS) is 41.7. The fourth-order valence-corrected chi connectivity index (χ4v) is 5.97. The summed E-state index contributed by atoms with van der Waals surface area (Å²) in [7, 11) is 0. The van der Waals surface area contributed by atoms with E-state index >= 15 is 0 Å².